The molecule has 2 aromatic heterocycles. The summed E-state index contributed by atoms with van der Waals surface area (Å²) in [5.74, 6) is 1.27. The maximum atomic E-state index is 12.7. The molecule has 10 heteroatoms. The first-order chi connectivity index (χ1) is 16.6. The zero-order chi connectivity index (χ0) is 23.9. The average molecular weight is 516 g/mol. The minimum absolute atomic E-state index is 0.157. The number of thioether (sulfide) groups is 1. The molecule has 1 aromatic carbocycles. The van der Waals surface area contributed by atoms with E-state index in [4.69, 9.17) is 16.3 Å². The van der Waals surface area contributed by atoms with Gasteiger partial charge in [0.2, 0.25) is 5.91 Å². The molecule has 4 rings (SSSR count). The molecule has 34 heavy (non-hydrogen) atoms. The number of fused-ring (bicyclic) bond motifs is 1. The van der Waals surface area contributed by atoms with Gasteiger partial charge in [-0.05, 0) is 50.3 Å². The van der Waals surface area contributed by atoms with Gasteiger partial charge < -0.3 is 14.6 Å². The quantitative estimate of drug-likeness (QED) is 0.378. The van der Waals surface area contributed by atoms with Crippen LogP contribution in [0.2, 0.25) is 5.02 Å². The molecule has 1 N–H and O–H groups in total. The molecule has 0 fully saturated rings. The van der Waals surface area contributed by atoms with Crippen LogP contribution in [-0.4, -0.2) is 26.4 Å². The Morgan fingerprint density at radius 1 is 1.26 bits per heavy atom. The fourth-order valence-electron chi connectivity index (χ4n) is 3.97. The number of benzene rings is 1. The predicted octanol–water partition coefficient (Wildman–Crippen LogP) is 5.85. The van der Waals surface area contributed by atoms with Crippen molar-refractivity contribution >= 4 is 45.6 Å². The molecule has 178 valence electrons. The Morgan fingerprint density at radius 3 is 2.82 bits per heavy atom. The molecule has 0 unspecified atom stereocenters. The van der Waals surface area contributed by atoms with Crippen LogP contribution in [0.15, 0.2) is 29.4 Å². The van der Waals surface area contributed by atoms with Gasteiger partial charge in [0, 0.05) is 11.4 Å². The van der Waals surface area contributed by atoms with Crippen molar-refractivity contribution in [1.29, 1.82) is 5.26 Å². The summed E-state index contributed by atoms with van der Waals surface area (Å²) in [6.07, 6.45) is 6.55. The van der Waals surface area contributed by atoms with E-state index in [1.165, 1.54) is 29.5 Å². The number of nitriles is 1. The van der Waals surface area contributed by atoms with Crippen LogP contribution in [0.3, 0.4) is 0 Å². The number of carbonyl (C=O) groups is 1. The summed E-state index contributed by atoms with van der Waals surface area (Å²) >= 11 is 9.03. The first-order valence-corrected chi connectivity index (χ1v) is 13.5. The number of thiophene rings is 1. The number of anilines is 1. The van der Waals surface area contributed by atoms with Gasteiger partial charge in [0.05, 0.1) is 16.3 Å². The summed E-state index contributed by atoms with van der Waals surface area (Å²) in [5, 5.41) is 23.0. The minimum Gasteiger partial charge on any atom is -0.484 e. The first-order valence-electron chi connectivity index (χ1n) is 11.4. The number of ether oxygens (including phenoxy) is 1. The summed E-state index contributed by atoms with van der Waals surface area (Å²) in [6, 6.07) is 9.60. The molecule has 0 spiro atoms. The van der Waals surface area contributed by atoms with E-state index in [1.54, 1.807) is 23.5 Å². The van der Waals surface area contributed by atoms with Crippen LogP contribution >= 0.6 is 34.7 Å². The number of carbonyl (C=O) groups excluding carboxylic acids is 1. The largest absolute Gasteiger partial charge is 0.484 e. The van der Waals surface area contributed by atoms with Crippen molar-refractivity contribution in [1.82, 2.24) is 14.8 Å². The molecule has 7 nitrogen and oxygen atoms in total. The molecule has 2 heterocycles. The molecule has 1 aliphatic rings. The summed E-state index contributed by atoms with van der Waals surface area (Å²) < 4.78 is 7.72. The molecule has 0 radical (unpaired) electrons. The van der Waals surface area contributed by atoms with Gasteiger partial charge in [0.25, 0.3) is 0 Å². The standard InChI is InChI=1S/C24H26ClN5O2S2/c1-2-30-21(14-32-19-11-8-7-10-18(19)25)28-29-24(30)33-15-22(31)27-23-17(13-26)16-9-5-3-4-6-12-20(16)34-23/h7-8,10-11H,2-6,9,12,14-15H2,1H3,(H,27,31). The van der Waals surface area contributed by atoms with Crippen molar-refractivity contribution in [3.05, 3.63) is 51.1 Å². The number of aryl methyl sites for hydroxylation is 1. The number of nitrogens with zero attached hydrogens (tertiary/aromatic N) is 4. The number of hydrogen-bond donors (Lipinski definition) is 1. The van der Waals surface area contributed by atoms with Crippen molar-refractivity contribution in [3.8, 4) is 11.8 Å². The lowest BCUT2D eigenvalue weighted by atomic mass is 9.97. The first kappa shape index (κ1) is 24.6. The Morgan fingerprint density at radius 2 is 2.06 bits per heavy atom. The third kappa shape index (κ3) is 5.74. The van der Waals surface area contributed by atoms with Gasteiger partial charge in [0.15, 0.2) is 11.0 Å². The highest BCUT2D eigenvalue weighted by atomic mass is 35.5. The van der Waals surface area contributed by atoms with Crippen molar-refractivity contribution in [2.45, 2.75) is 63.8 Å². The number of aromatic nitrogens is 3. The number of halogens is 1. The maximum absolute atomic E-state index is 12.7. The van der Waals surface area contributed by atoms with Gasteiger partial charge in [-0.2, -0.15) is 5.26 Å². The van der Waals surface area contributed by atoms with Crippen LogP contribution in [0, 0.1) is 11.3 Å². The molecule has 0 bridgehead atoms. The zero-order valence-corrected chi connectivity index (χ0v) is 21.4. The average Bonchev–Trinajstić information content (AvgIpc) is 3.36. The fraction of sp³-hybridized carbons (Fsp3) is 0.417. The van der Waals surface area contributed by atoms with E-state index in [9.17, 15) is 10.1 Å². The lowest BCUT2D eigenvalue weighted by Crippen LogP contribution is -2.15. The van der Waals surface area contributed by atoms with Gasteiger partial charge in [0.1, 0.15) is 23.4 Å². The van der Waals surface area contributed by atoms with Gasteiger partial charge in [-0.3, -0.25) is 4.79 Å². The topological polar surface area (TPSA) is 92.8 Å². The van der Waals surface area contributed by atoms with Gasteiger partial charge in [-0.25, -0.2) is 0 Å². The van der Waals surface area contributed by atoms with Crippen LogP contribution in [-0.2, 0) is 30.8 Å². The Labute approximate surface area is 212 Å². The van der Waals surface area contributed by atoms with Crippen LogP contribution in [0.1, 0.15) is 54.4 Å². The Balaban J connectivity index is 1.38. The highest BCUT2D eigenvalue weighted by Gasteiger charge is 2.21. The molecule has 3 aromatic rings. The molecule has 1 amide bonds. The second kappa shape index (κ2) is 11.7. The third-order valence-corrected chi connectivity index (χ3v) is 8.16. The normalized spacial score (nSPS) is 13.4. The van der Waals surface area contributed by atoms with Crippen LogP contribution < -0.4 is 10.1 Å². The summed E-state index contributed by atoms with van der Waals surface area (Å²) in [4.78, 5) is 14.0. The Bertz CT molecular complexity index is 1200. The highest BCUT2D eigenvalue weighted by Crippen LogP contribution is 2.36. The Hall–Kier alpha value is -2.54. The number of rotatable bonds is 8. The van der Waals surface area contributed by atoms with E-state index in [1.807, 2.05) is 23.6 Å². The summed E-state index contributed by atoms with van der Waals surface area (Å²) in [7, 11) is 0. The second-order valence-electron chi connectivity index (χ2n) is 7.93. The Kier molecular flexibility index (Phi) is 8.48. The van der Waals surface area contributed by atoms with Crippen molar-refractivity contribution in [2.75, 3.05) is 11.1 Å². The van der Waals surface area contributed by atoms with Crippen LogP contribution in [0.4, 0.5) is 5.00 Å². The van der Waals surface area contributed by atoms with E-state index >= 15 is 0 Å². The minimum atomic E-state index is -0.157. The van der Waals surface area contributed by atoms with Crippen molar-refractivity contribution in [2.24, 2.45) is 0 Å². The van der Waals surface area contributed by atoms with Crippen LogP contribution in [0.5, 0.6) is 5.75 Å². The highest BCUT2D eigenvalue weighted by molar-refractivity contribution is 7.99. The summed E-state index contributed by atoms with van der Waals surface area (Å²) in [5.41, 5.74) is 1.76. The SMILES string of the molecule is CCn1c(COc2ccccc2Cl)nnc1SCC(=O)Nc1sc2c(c1C#N)CCCCCC2. The molecule has 0 atom stereocenters. The molecule has 0 saturated heterocycles. The van der Waals surface area contributed by atoms with Crippen LogP contribution in [0.25, 0.3) is 0 Å². The van der Waals surface area contributed by atoms with Crippen molar-refractivity contribution < 1.29 is 9.53 Å². The number of amides is 1. The van der Waals surface area contributed by atoms with Gasteiger partial charge in [-0.15, -0.1) is 21.5 Å². The molecule has 0 saturated carbocycles. The second-order valence-corrected chi connectivity index (χ2v) is 10.4. The van der Waals surface area contributed by atoms with E-state index in [0.29, 0.717) is 38.9 Å². The molecular formula is C24H26ClN5O2S2. The predicted molar refractivity (Wildman–Crippen MR) is 136 cm³/mol. The number of para-hydroxylation sites is 1. The fourth-order valence-corrected chi connectivity index (χ4v) is 6.24. The lowest BCUT2D eigenvalue weighted by Gasteiger charge is -2.10. The lowest BCUT2D eigenvalue weighted by molar-refractivity contribution is -0.113. The van der Waals surface area contributed by atoms with E-state index in [-0.39, 0.29) is 18.3 Å². The summed E-state index contributed by atoms with van der Waals surface area (Å²) in [6.45, 7) is 2.87. The molecule has 0 aliphatic heterocycles. The maximum Gasteiger partial charge on any atom is 0.235 e. The van der Waals surface area contributed by atoms with E-state index < -0.39 is 0 Å². The third-order valence-electron chi connectivity index (χ3n) is 5.67. The van der Waals surface area contributed by atoms with Gasteiger partial charge in [-0.1, -0.05) is 48.3 Å². The monoisotopic (exact) mass is 515 g/mol. The van der Waals surface area contributed by atoms with E-state index in [0.717, 1.165) is 31.2 Å². The van der Waals surface area contributed by atoms with E-state index in [2.05, 4.69) is 21.6 Å². The molecule has 1 aliphatic carbocycles. The van der Waals surface area contributed by atoms with Crippen molar-refractivity contribution in [3.63, 3.8) is 0 Å². The smallest absolute Gasteiger partial charge is 0.235 e. The van der Waals surface area contributed by atoms with Gasteiger partial charge >= 0.3 is 0 Å². The molecular weight excluding hydrogens is 490 g/mol. The number of nitrogens with one attached hydrogen (secondary N) is 1. The number of hydrogen-bond acceptors (Lipinski definition) is 7. The zero-order valence-electron chi connectivity index (χ0n) is 19.0.